The molecule has 0 amide bonds. The lowest BCUT2D eigenvalue weighted by molar-refractivity contribution is 0.446. The molecule has 0 aliphatic heterocycles. The van der Waals surface area contributed by atoms with Crippen molar-refractivity contribution in [2.24, 2.45) is 0 Å². The fraction of sp³-hybridized carbons (Fsp3) is 0. The van der Waals surface area contributed by atoms with Gasteiger partial charge in [0.1, 0.15) is 11.6 Å². The summed E-state index contributed by atoms with van der Waals surface area (Å²) in [5, 5.41) is 14.8. The summed E-state index contributed by atoms with van der Waals surface area (Å²) < 4.78 is 19.6. The summed E-state index contributed by atoms with van der Waals surface area (Å²) in [4.78, 5) is 0. The minimum atomic E-state index is -0.507. The van der Waals surface area contributed by atoms with E-state index >= 15 is 0 Å². The van der Waals surface area contributed by atoms with Crippen LogP contribution in [0, 0.1) is 5.82 Å². The summed E-state index contributed by atoms with van der Waals surface area (Å²) in [6, 6.07) is 7.28. The summed E-state index contributed by atoms with van der Waals surface area (Å²) in [6.45, 7) is 0. The van der Waals surface area contributed by atoms with E-state index in [1.807, 2.05) is 0 Å². The molecule has 6 nitrogen and oxygen atoms in total. The highest BCUT2D eigenvalue weighted by atomic mass is 35.5. The van der Waals surface area contributed by atoms with Crippen LogP contribution >= 0.6 is 11.6 Å². The number of hydrogen-bond donors (Lipinski definition) is 0. The van der Waals surface area contributed by atoms with E-state index in [0.717, 1.165) is 0 Å². The predicted octanol–water partition coefficient (Wildman–Crippen LogP) is 2.10. The SMILES string of the molecule is Fc1ccc(Oc2ccc3nnnn3n2)cc1Cl. The Balaban J connectivity index is 1.92. The average Bonchev–Trinajstić information content (AvgIpc) is 2.81. The molecule has 0 spiro atoms. The van der Waals surface area contributed by atoms with E-state index in [9.17, 15) is 4.39 Å². The molecule has 8 heteroatoms. The first-order chi connectivity index (χ1) is 8.72. The molecule has 0 N–H and O–H groups in total. The van der Waals surface area contributed by atoms with E-state index < -0.39 is 5.82 Å². The summed E-state index contributed by atoms with van der Waals surface area (Å²) in [7, 11) is 0. The van der Waals surface area contributed by atoms with Crippen LogP contribution in [0.1, 0.15) is 0 Å². The fourth-order valence-electron chi connectivity index (χ4n) is 1.35. The summed E-state index contributed by atoms with van der Waals surface area (Å²) in [5.74, 6) is 0.145. The van der Waals surface area contributed by atoms with Crippen molar-refractivity contribution in [2.75, 3.05) is 0 Å². The van der Waals surface area contributed by atoms with Crippen LogP contribution in [0.25, 0.3) is 5.65 Å². The molecular formula is C10H5ClFN5O. The van der Waals surface area contributed by atoms with Gasteiger partial charge in [-0.25, -0.2) is 4.39 Å². The van der Waals surface area contributed by atoms with Gasteiger partial charge in [0.15, 0.2) is 5.65 Å². The van der Waals surface area contributed by atoms with Gasteiger partial charge in [0.05, 0.1) is 5.02 Å². The Hall–Kier alpha value is -2.28. The Kier molecular flexibility index (Phi) is 2.52. The zero-order valence-corrected chi connectivity index (χ0v) is 9.54. The molecule has 0 unspecified atom stereocenters. The van der Waals surface area contributed by atoms with Gasteiger partial charge in [-0.3, -0.25) is 0 Å². The molecule has 0 saturated carbocycles. The Labute approximate surface area is 105 Å². The Morgan fingerprint density at radius 3 is 2.94 bits per heavy atom. The molecule has 0 aliphatic carbocycles. The third-order valence-corrected chi connectivity index (χ3v) is 2.45. The van der Waals surface area contributed by atoms with Crippen LogP contribution in [0.5, 0.6) is 11.6 Å². The van der Waals surface area contributed by atoms with Crippen LogP contribution in [0.2, 0.25) is 5.02 Å². The van der Waals surface area contributed by atoms with Crippen molar-refractivity contribution in [2.45, 2.75) is 0 Å². The number of halogens is 2. The van der Waals surface area contributed by atoms with E-state index in [-0.39, 0.29) is 10.9 Å². The van der Waals surface area contributed by atoms with Gasteiger partial charge in [-0.05, 0) is 28.6 Å². The number of benzene rings is 1. The van der Waals surface area contributed by atoms with Crippen molar-refractivity contribution in [1.82, 2.24) is 25.3 Å². The van der Waals surface area contributed by atoms with Gasteiger partial charge in [0.2, 0.25) is 5.88 Å². The number of hydrogen-bond acceptors (Lipinski definition) is 5. The largest absolute Gasteiger partial charge is 0.437 e. The van der Waals surface area contributed by atoms with Gasteiger partial charge in [-0.15, -0.1) is 14.8 Å². The molecule has 2 aromatic heterocycles. The van der Waals surface area contributed by atoms with Gasteiger partial charge in [-0.1, -0.05) is 11.6 Å². The van der Waals surface area contributed by atoms with Gasteiger partial charge in [0, 0.05) is 12.1 Å². The number of aromatic nitrogens is 5. The lowest BCUT2D eigenvalue weighted by Gasteiger charge is -2.04. The monoisotopic (exact) mass is 265 g/mol. The molecule has 18 heavy (non-hydrogen) atoms. The van der Waals surface area contributed by atoms with E-state index in [4.69, 9.17) is 16.3 Å². The third-order valence-electron chi connectivity index (χ3n) is 2.16. The van der Waals surface area contributed by atoms with Gasteiger partial charge >= 0.3 is 0 Å². The van der Waals surface area contributed by atoms with Crippen molar-refractivity contribution in [3.63, 3.8) is 0 Å². The lowest BCUT2D eigenvalue weighted by atomic mass is 10.3. The molecular weight excluding hydrogens is 261 g/mol. The van der Waals surface area contributed by atoms with Crippen LogP contribution in [0.15, 0.2) is 30.3 Å². The van der Waals surface area contributed by atoms with Crippen LogP contribution in [0.4, 0.5) is 4.39 Å². The first-order valence-corrected chi connectivity index (χ1v) is 5.28. The average molecular weight is 266 g/mol. The first kappa shape index (κ1) is 10.8. The van der Waals surface area contributed by atoms with Gasteiger partial charge < -0.3 is 4.74 Å². The van der Waals surface area contributed by atoms with Crippen LogP contribution in [-0.4, -0.2) is 25.3 Å². The van der Waals surface area contributed by atoms with Crippen LogP contribution < -0.4 is 4.74 Å². The fourth-order valence-corrected chi connectivity index (χ4v) is 1.52. The first-order valence-electron chi connectivity index (χ1n) is 4.91. The van der Waals surface area contributed by atoms with E-state index in [1.165, 1.54) is 22.8 Å². The highest BCUT2D eigenvalue weighted by Gasteiger charge is 2.05. The molecule has 0 fully saturated rings. The smallest absolute Gasteiger partial charge is 0.239 e. The van der Waals surface area contributed by atoms with E-state index in [0.29, 0.717) is 11.4 Å². The Morgan fingerprint density at radius 2 is 2.11 bits per heavy atom. The Bertz CT molecular complexity index is 716. The number of nitrogens with zero attached hydrogens (tertiary/aromatic N) is 5. The second kappa shape index (κ2) is 4.19. The topological polar surface area (TPSA) is 65.2 Å². The number of tetrazole rings is 1. The third kappa shape index (κ3) is 1.95. The van der Waals surface area contributed by atoms with Crippen LogP contribution in [0.3, 0.4) is 0 Å². The van der Waals surface area contributed by atoms with Crippen molar-refractivity contribution < 1.29 is 9.13 Å². The van der Waals surface area contributed by atoms with Gasteiger partial charge in [-0.2, -0.15) is 0 Å². The minimum Gasteiger partial charge on any atom is -0.437 e. The summed E-state index contributed by atoms with van der Waals surface area (Å²) in [5.41, 5.74) is 0.500. The van der Waals surface area contributed by atoms with E-state index in [1.54, 1.807) is 12.1 Å². The van der Waals surface area contributed by atoms with Crippen molar-refractivity contribution in [1.29, 1.82) is 0 Å². The maximum absolute atomic E-state index is 13.0. The second-order valence-corrected chi connectivity index (χ2v) is 3.78. The molecule has 1 aromatic carbocycles. The normalized spacial score (nSPS) is 10.8. The highest BCUT2D eigenvalue weighted by Crippen LogP contribution is 2.24. The van der Waals surface area contributed by atoms with E-state index in [2.05, 4.69) is 20.6 Å². The van der Waals surface area contributed by atoms with Crippen molar-refractivity contribution in [3.05, 3.63) is 41.2 Å². The zero-order valence-electron chi connectivity index (χ0n) is 8.79. The molecule has 0 aliphatic rings. The summed E-state index contributed by atoms with van der Waals surface area (Å²) in [6.07, 6.45) is 0. The predicted molar refractivity (Wildman–Crippen MR) is 60.1 cm³/mol. The maximum atomic E-state index is 13.0. The molecule has 3 rings (SSSR count). The second-order valence-electron chi connectivity index (χ2n) is 3.38. The van der Waals surface area contributed by atoms with Crippen LogP contribution in [-0.2, 0) is 0 Å². The molecule has 2 heterocycles. The standard InChI is InChI=1S/C10H5ClFN5O/c11-7-5-6(1-2-8(7)12)18-10-4-3-9-13-15-16-17(9)14-10/h1-5H. The Morgan fingerprint density at radius 1 is 1.22 bits per heavy atom. The van der Waals surface area contributed by atoms with Gasteiger partial charge in [0.25, 0.3) is 0 Å². The lowest BCUT2D eigenvalue weighted by Crippen LogP contribution is -1.97. The zero-order chi connectivity index (χ0) is 12.5. The van der Waals surface area contributed by atoms with Crippen molar-refractivity contribution in [3.8, 4) is 11.6 Å². The van der Waals surface area contributed by atoms with Crippen molar-refractivity contribution >= 4 is 17.2 Å². The molecule has 0 atom stereocenters. The maximum Gasteiger partial charge on any atom is 0.239 e. The number of rotatable bonds is 2. The number of ether oxygens (including phenoxy) is 1. The molecule has 0 saturated heterocycles. The number of fused-ring (bicyclic) bond motifs is 1. The minimum absolute atomic E-state index is 0.0176. The quantitative estimate of drug-likeness (QED) is 0.710. The molecule has 90 valence electrons. The molecule has 0 bridgehead atoms. The highest BCUT2D eigenvalue weighted by molar-refractivity contribution is 6.30. The molecule has 0 radical (unpaired) electrons. The molecule has 3 aromatic rings. The summed E-state index contributed by atoms with van der Waals surface area (Å²) >= 11 is 5.64.